The van der Waals surface area contributed by atoms with Gasteiger partial charge in [0.15, 0.2) is 0 Å². The van der Waals surface area contributed by atoms with Gasteiger partial charge in [0.25, 0.3) is 0 Å². The molecule has 0 aliphatic carbocycles. The van der Waals surface area contributed by atoms with E-state index in [9.17, 15) is 4.79 Å². The van der Waals surface area contributed by atoms with Crippen molar-refractivity contribution < 1.29 is 4.79 Å². The highest BCUT2D eigenvalue weighted by Crippen LogP contribution is 1.86. The second kappa shape index (κ2) is 3.87. The lowest BCUT2D eigenvalue weighted by atomic mass is 10.4. The molecule has 0 aliphatic rings. The van der Waals surface area contributed by atoms with Gasteiger partial charge in [-0.05, 0) is 12.2 Å². The second-order valence-electron chi connectivity index (χ2n) is 1.94. The molecular formula is C5H8N4OS. The van der Waals surface area contributed by atoms with Gasteiger partial charge in [-0.1, -0.05) is 0 Å². The van der Waals surface area contributed by atoms with Crippen molar-refractivity contribution in [2.24, 2.45) is 0 Å². The summed E-state index contributed by atoms with van der Waals surface area (Å²) in [5, 5.41) is 7.94. The number of aromatic amines is 2. The maximum Gasteiger partial charge on any atom is 0.213 e. The lowest BCUT2D eigenvalue weighted by Gasteiger charge is -1.92. The molecular weight excluding hydrogens is 164 g/mol. The van der Waals surface area contributed by atoms with Gasteiger partial charge in [0.05, 0.1) is 0 Å². The van der Waals surface area contributed by atoms with Gasteiger partial charge in [-0.15, -0.1) is 0 Å². The lowest BCUT2D eigenvalue weighted by Crippen LogP contribution is -2.14. The predicted molar refractivity (Wildman–Crippen MR) is 41.5 cm³/mol. The van der Waals surface area contributed by atoms with Crippen LogP contribution in [-0.4, -0.2) is 28.1 Å². The quantitative estimate of drug-likeness (QED) is 0.333. The largest absolute Gasteiger partial charge is 0.358 e. The number of carbonyl (C=O) groups excluding carboxylic acids is 1. The van der Waals surface area contributed by atoms with Crippen LogP contribution >= 0.6 is 12.2 Å². The first-order valence-corrected chi connectivity index (χ1v) is 3.54. The average Bonchev–Trinajstić information content (AvgIpc) is 2.37. The van der Waals surface area contributed by atoms with E-state index in [1.54, 1.807) is 0 Å². The molecule has 3 N–H and O–H groups in total. The third kappa shape index (κ3) is 2.50. The number of H-pyrrole nitrogens is 2. The Labute approximate surface area is 68.2 Å². The first-order valence-electron chi connectivity index (χ1n) is 3.13. The van der Waals surface area contributed by atoms with E-state index in [1.807, 2.05) is 0 Å². The van der Waals surface area contributed by atoms with Crippen molar-refractivity contribution in [3.05, 3.63) is 10.6 Å². The third-order valence-corrected chi connectivity index (χ3v) is 1.33. The van der Waals surface area contributed by atoms with Gasteiger partial charge in [0.2, 0.25) is 11.2 Å². The highest BCUT2D eigenvalue weighted by atomic mass is 32.1. The lowest BCUT2D eigenvalue weighted by molar-refractivity contribution is -0.109. The molecule has 6 heteroatoms. The summed E-state index contributed by atoms with van der Waals surface area (Å²) in [4.78, 5) is 13.8. The molecule has 0 saturated carbocycles. The van der Waals surface area contributed by atoms with Crippen molar-refractivity contribution in [3.8, 4) is 0 Å². The summed E-state index contributed by atoms with van der Waals surface area (Å²) >= 11 is 4.72. The van der Waals surface area contributed by atoms with Gasteiger partial charge < -0.3 is 5.32 Å². The highest BCUT2D eigenvalue weighted by molar-refractivity contribution is 7.71. The smallest absolute Gasteiger partial charge is 0.213 e. The van der Waals surface area contributed by atoms with Crippen molar-refractivity contribution in [2.75, 3.05) is 6.54 Å². The minimum atomic E-state index is 0.436. The van der Waals surface area contributed by atoms with Gasteiger partial charge in [0.1, 0.15) is 5.82 Å². The third-order valence-electron chi connectivity index (χ3n) is 1.14. The standard InChI is InChI=1S/C5H8N4OS/c10-3-6-2-1-4-7-5(11)9-8-4/h3H,1-2H2,(H,6,10)(H2,7,8,9,11). The fraction of sp³-hybridized carbons (Fsp3) is 0.400. The SMILES string of the molecule is O=CNCCc1nc(=S)[nH][nH]1. The van der Waals surface area contributed by atoms with Crippen LogP contribution < -0.4 is 5.32 Å². The summed E-state index contributed by atoms with van der Waals surface area (Å²) in [5.74, 6) is 0.754. The normalized spacial score (nSPS) is 9.45. The topological polar surface area (TPSA) is 73.6 Å². The van der Waals surface area contributed by atoms with E-state index in [2.05, 4.69) is 20.5 Å². The van der Waals surface area contributed by atoms with Gasteiger partial charge in [0, 0.05) is 13.0 Å². The molecule has 0 spiro atoms. The van der Waals surface area contributed by atoms with Crippen molar-refractivity contribution in [2.45, 2.75) is 6.42 Å². The number of amides is 1. The predicted octanol–water partition coefficient (Wildman–Crippen LogP) is -0.244. The minimum absolute atomic E-state index is 0.436. The minimum Gasteiger partial charge on any atom is -0.358 e. The molecule has 11 heavy (non-hydrogen) atoms. The van der Waals surface area contributed by atoms with E-state index in [4.69, 9.17) is 12.2 Å². The molecule has 0 atom stereocenters. The molecule has 0 bridgehead atoms. The fourth-order valence-electron chi connectivity index (χ4n) is 0.672. The van der Waals surface area contributed by atoms with Crippen LogP contribution in [0.15, 0.2) is 0 Å². The second-order valence-corrected chi connectivity index (χ2v) is 2.32. The van der Waals surface area contributed by atoms with E-state index in [-0.39, 0.29) is 0 Å². The van der Waals surface area contributed by atoms with Crippen LogP contribution in [0, 0.1) is 4.77 Å². The van der Waals surface area contributed by atoms with Crippen molar-refractivity contribution in [1.29, 1.82) is 0 Å². The first kappa shape index (κ1) is 7.93. The Morgan fingerprint density at radius 2 is 2.45 bits per heavy atom. The molecule has 0 radical (unpaired) electrons. The van der Waals surface area contributed by atoms with Crippen LogP contribution in [0.2, 0.25) is 0 Å². The summed E-state index contributed by atoms with van der Waals surface area (Å²) < 4.78 is 0.436. The van der Waals surface area contributed by atoms with Crippen LogP contribution in [0.1, 0.15) is 5.82 Å². The van der Waals surface area contributed by atoms with E-state index in [0.717, 1.165) is 5.82 Å². The number of hydrogen-bond acceptors (Lipinski definition) is 3. The molecule has 1 amide bonds. The summed E-state index contributed by atoms with van der Waals surface area (Å²) in [6.07, 6.45) is 1.31. The number of nitrogens with zero attached hydrogens (tertiary/aromatic N) is 1. The molecule has 0 saturated heterocycles. The highest BCUT2D eigenvalue weighted by Gasteiger charge is 1.93. The molecule has 0 aliphatic heterocycles. The van der Waals surface area contributed by atoms with Gasteiger partial charge in [-0.25, -0.2) is 4.98 Å². The van der Waals surface area contributed by atoms with Crippen LogP contribution in [0.3, 0.4) is 0 Å². The zero-order valence-electron chi connectivity index (χ0n) is 5.76. The Morgan fingerprint density at radius 3 is 3.00 bits per heavy atom. The number of hydrogen-bond donors (Lipinski definition) is 3. The number of carbonyl (C=O) groups is 1. The summed E-state index contributed by atoms with van der Waals surface area (Å²) in [7, 11) is 0. The molecule has 5 nitrogen and oxygen atoms in total. The molecule has 1 aromatic heterocycles. The maximum absolute atomic E-state index is 9.83. The van der Waals surface area contributed by atoms with Crippen LogP contribution in [-0.2, 0) is 11.2 Å². The molecule has 0 aromatic carbocycles. The first-order chi connectivity index (χ1) is 5.33. The molecule has 0 unspecified atom stereocenters. The van der Waals surface area contributed by atoms with Crippen LogP contribution in [0.4, 0.5) is 0 Å². The summed E-state index contributed by atoms with van der Waals surface area (Å²) in [6, 6.07) is 0. The van der Waals surface area contributed by atoms with E-state index in [1.165, 1.54) is 0 Å². The van der Waals surface area contributed by atoms with Crippen molar-refractivity contribution in [3.63, 3.8) is 0 Å². The average molecular weight is 172 g/mol. The Hall–Kier alpha value is -1.17. The Morgan fingerprint density at radius 1 is 1.64 bits per heavy atom. The zero-order chi connectivity index (χ0) is 8.10. The summed E-state index contributed by atoms with van der Waals surface area (Å²) in [6.45, 7) is 0.569. The van der Waals surface area contributed by atoms with Crippen LogP contribution in [0.25, 0.3) is 0 Å². The molecule has 60 valence electrons. The summed E-state index contributed by atoms with van der Waals surface area (Å²) in [5.41, 5.74) is 0. The number of nitrogens with one attached hydrogen (secondary N) is 3. The van der Waals surface area contributed by atoms with E-state index >= 15 is 0 Å². The van der Waals surface area contributed by atoms with Crippen LogP contribution in [0.5, 0.6) is 0 Å². The zero-order valence-corrected chi connectivity index (χ0v) is 6.57. The number of rotatable bonds is 4. The molecule has 1 rings (SSSR count). The maximum atomic E-state index is 9.83. The number of aromatic nitrogens is 3. The Balaban J connectivity index is 2.38. The Kier molecular flexibility index (Phi) is 2.79. The van der Waals surface area contributed by atoms with E-state index < -0.39 is 0 Å². The molecule has 0 fully saturated rings. The molecule has 1 heterocycles. The van der Waals surface area contributed by atoms with Gasteiger partial charge in [-0.3, -0.25) is 15.0 Å². The molecule has 1 aromatic rings. The van der Waals surface area contributed by atoms with Gasteiger partial charge in [-0.2, -0.15) is 0 Å². The Bertz CT molecular complexity index is 278. The van der Waals surface area contributed by atoms with Crippen molar-refractivity contribution in [1.82, 2.24) is 20.5 Å². The van der Waals surface area contributed by atoms with Crippen molar-refractivity contribution >= 4 is 18.6 Å². The van der Waals surface area contributed by atoms with E-state index in [0.29, 0.717) is 24.1 Å². The monoisotopic (exact) mass is 172 g/mol. The fourth-order valence-corrected chi connectivity index (χ4v) is 0.833. The van der Waals surface area contributed by atoms with Gasteiger partial charge >= 0.3 is 0 Å².